The first-order valence-electron chi connectivity index (χ1n) is 7.26. The summed E-state index contributed by atoms with van der Waals surface area (Å²) in [5.41, 5.74) is 1.03. The number of amides is 2. The molecule has 1 aliphatic heterocycles. The second-order valence-corrected chi connectivity index (χ2v) is 5.64. The third kappa shape index (κ3) is 3.96. The van der Waals surface area contributed by atoms with Crippen molar-refractivity contribution >= 4 is 11.7 Å². The van der Waals surface area contributed by atoms with Crippen LogP contribution in [-0.4, -0.2) is 36.7 Å². The molecule has 0 saturated carbocycles. The number of carbonyl (C=O) groups excluding carboxylic acids is 1. The van der Waals surface area contributed by atoms with Gasteiger partial charge >= 0.3 is 6.03 Å². The van der Waals surface area contributed by atoms with Crippen LogP contribution < -0.4 is 5.32 Å². The van der Waals surface area contributed by atoms with Gasteiger partial charge in [-0.25, -0.2) is 4.79 Å². The molecule has 1 fully saturated rings. The zero-order chi connectivity index (χ0) is 15.2. The van der Waals surface area contributed by atoms with Crippen LogP contribution >= 0.6 is 0 Å². The smallest absolute Gasteiger partial charge is 0.322 e. The fourth-order valence-electron chi connectivity index (χ4n) is 2.54. The van der Waals surface area contributed by atoms with Crippen molar-refractivity contribution in [3.8, 4) is 6.07 Å². The van der Waals surface area contributed by atoms with Crippen LogP contribution in [0.15, 0.2) is 24.3 Å². The Morgan fingerprint density at radius 3 is 3.00 bits per heavy atom. The highest BCUT2D eigenvalue weighted by Crippen LogP contribution is 2.19. The van der Waals surface area contributed by atoms with Gasteiger partial charge in [-0.2, -0.15) is 5.26 Å². The van der Waals surface area contributed by atoms with Gasteiger partial charge < -0.3 is 15.0 Å². The fourth-order valence-corrected chi connectivity index (χ4v) is 2.54. The number of hydrogen-bond acceptors (Lipinski definition) is 3. The van der Waals surface area contributed by atoms with E-state index in [1.165, 1.54) is 0 Å². The number of rotatable bonds is 3. The number of ether oxygens (including phenoxy) is 1. The van der Waals surface area contributed by atoms with Crippen LogP contribution in [0.1, 0.15) is 25.8 Å². The molecule has 21 heavy (non-hydrogen) atoms. The average Bonchev–Trinajstić information content (AvgIpc) is 2.47. The van der Waals surface area contributed by atoms with Gasteiger partial charge in [0.1, 0.15) is 6.07 Å². The molecule has 1 N–H and O–H groups in total. The van der Waals surface area contributed by atoms with E-state index in [2.05, 4.69) is 25.2 Å². The molecule has 1 aromatic carbocycles. The van der Waals surface area contributed by atoms with Gasteiger partial charge in [0, 0.05) is 6.54 Å². The number of morpholine rings is 1. The molecule has 1 aromatic rings. The topological polar surface area (TPSA) is 65.4 Å². The van der Waals surface area contributed by atoms with Crippen LogP contribution in [0.5, 0.6) is 0 Å². The van der Waals surface area contributed by atoms with Crippen molar-refractivity contribution in [2.45, 2.75) is 26.3 Å². The lowest BCUT2D eigenvalue weighted by Crippen LogP contribution is -2.50. The Bertz CT molecular complexity index is 537. The van der Waals surface area contributed by atoms with Crippen LogP contribution in [0.25, 0.3) is 0 Å². The van der Waals surface area contributed by atoms with Crippen molar-refractivity contribution in [2.75, 3.05) is 25.1 Å². The predicted octanol–water partition coefficient (Wildman–Crippen LogP) is 2.84. The first-order valence-corrected chi connectivity index (χ1v) is 7.26. The minimum atomic E-state index is -0.161. The second-order valence-electron chi connectivity index (χ2n) is 5.64. The van der Waals surface area contributed by atoms with E-state index in [-0.39, 0.29) is 12.1 Å². The molecular weight excluding hydrogens is 266 g/mol. The summed E-state index contributed by atoms with van der Waals surface area (Å²) >= 11 is 0. The Morgan fingerprint density at radius 1 is 1.52 bits per heavy atom. The van der Waals surface area contributed by atoms with Gasteiger partial charge in [0.2, 0.25) is 0 Å². The van der Waals surface area contributed by atoms with Crippen LogP contribution in [0.4, 0.5) is 10.5 Å². The molecule has 0 bridgehead atoms. The number of urea groups is 1. The highest BCUT2D eigenvalue weighted by Gasteiger charge is 2.28. The third-order valence-electron chi connectivity index (χ3n) is 3.52. The monoisotopic (exact) mass is 287 g/mol. The Kier molecular flexibility index (Phi) is 5.18. The first-order chi connectivity index (χ1) is 10.1. The van der Waals surface area contributed by atoms with E-state index in [9.17, 15) is 4.79 Å². The summed E-state index contributed by atoms with van der Waals surface area (Å²) in [6.45, 7) is 5.98. The molecule has 5 nitrogen and oxygen atoms in total. The summed E-state index contributed by atoms with van der Waals surface area (Å²) < 4.78 is 5.48. The van der Waals surface area contributed by atoms with E-state index < -0.39 is 0 Å². The molecule has 0 radical (unpaired) electrons. The number of carbonyl (C=O) groups is 1. The van der Waals surface area contributed by atoms with Gasteiger partial charge in [-0.3, -0.25) is 0 Å². The molecule has 1 heterocycles. The minimum absolute atomic E-state index is 0.0907. The fraction of sp³-hybridized carbons (Fsp3) is 0.500. The van der Waals surface area contributed by atoms with E-state index in [0.717, 1.165) is 6.42 Å². The number of para-hydroxylation sites is 1. The number of nitrogens with zero attached hydrogens (tertiary/aromatic N) is 2. The van der Waals surface area contributed by atoms with Crippen molar-refractivity contribution < 1.29 is 9.53 Å². The molecule has 5 heteroatoms. The number of nitrogens with one attached hydrogen (secondary N) is 1. The van der Waals surface area contributed by atoms with E-state index in [4.69, 9.17) is 10.00 Å². The molecule has 2 amide bonds. The van der Waals surface area contributed by atoms with Crippen LogP contribution in [0, 0.1) is 17.2 Å². The SMILES string of the molecule is CC(C)CC1COCCN1C(=O)Nc1ccccc1C#N. The molecule has 0 aromatic heterocycles. The Balaban J connectivity index is 2.09. The largest absolute Gasteiger partial charge is 0.377 e. The Labute approximate surface area is 125 Å². The average molecular weight is 287 g/mol. The molecule has 1 unspecified atom stereocenters. The van der Waals surface area contributed by atoms with E-state index in [1.54, 1.807) is 24.3 Å². The quantitative estimate of drug-likeness (QED) is 0.929. The maximum Gasteiger partial charge on any atom is 0.322 e. The highest BCUT2D eigenvalue weighted by molar-refractivity contribution is 5.91. The highest BCUT2D eigenvalue weighted by atomic mass is 16.5. The summed E-state index contributed by atoms with van der Waals surface area (Å²) in [5.74, 6) is 0.499. The number of benzene rings is 1. The Hall–Kier alpha value is -2.06. The summed E-state index contributed by atoms with van der Waals surface area (Å²) in [4.78, 5) is 14.3. The number of nitriles is 1. The zero-order valence-corrected chi connectivity index (χ0v) is 12.5. The van der Waals surface area contributed by atoms with Crippen LogP contribution in [0.2, 0.25) is 0 Å². The van der Waals surface area contributed by atoms with Crippen molar-refractivity contribution in [3.63, 3.8) is 0 Å². The molecule has 0 spiro atoms. The first kappa shape index (κ1) is 15.3. The molecule has 1 atom stereocenters. The molecule has 0 aliphatic carbocycles. The van der Waals surface area contributed by atoms with Gasteiger partial charge in [-0.05, 0) is 24.5 Å². The lowest BCUT2D eigenvalue weighted by atomic mass is 10.0. The normalized spacial score (nSPS) is 18.4. The summed E-state index contributed by atoms with van der Waals surface area (Å²) in [5, 5.41) is 11.9. The van der Waals surface area contributed by atoms with Gasteiger partial charge in [0.15, 0.2) is 0 Å². The summed E-state index contributed by atoms with van der Waals surface area (Å²) in [6.07, 6.45) is 0.910. The van der Waals surface area contributed by atoms with Crippen molar-refractivity contribution in [1.29, 1.82) is 5.26 Å². The number of hydrogen-bond donors (Lipinski definition) is 1. The molecule has 112 valence electrons. The van der Waals surface area contributed by atoms with Gasteiger partial charge in [-0.1, -0.05) is 26.0 Å². The third-order valence-corrected chi connectivity index (χ3v) is 3.52. The van der Waals surface area contributed by atoms with E-state index in [1.807, 2.05) is 4.90 Å². The van der Waals surface area contributed by atoms with Gasteiger partial charge in [0.05, 0.1) is 30.5 Å². The molecule has 1 saturated heterocycles. The lowest BCUT2D eigenvalue weighted by Gasteiger charge is -2.36. The lowest BCUT2D eigenvalue weighted by molar-refractivity contribution is 0.00857. The van der Waals surface area contributed by atoms with Gasteiger partial charge in [0.25, 0.3) is 0 Å². The van der Waals surface area contributed by atoms with Crippen LogP contribution in [-0.2, 0) is 4.74 Å². The standard InChI is InChI=1S/C16H21N3O2/c1-12(2)9-14-11-21-8-7-19(14)16(20)18-15-6-4-3-5-13(15)10-17/h3-6,12,14H,7-9,11H2,1-2H3,(H,18,20). The maximum absolute atomic E-state index is 12.5. The van der Waals surface area contributed by atoms with Crippen molar-refractivity contribution in [1.82, 2.24) is 4.90 Å². The summed E-state index contributed by atoms with van der Waals surface area (Å²) in [6, 6.07) is 9.05. The molecule has 2 rings (SSSR count). The van der Waals surface area contributed by atoms with E-state index in [0.29, 0.717) is 36.9 Å². The van der Waals surface area contributed by atoms with Crippen molar-refractivity contribution in [3.05, 3.63) is 29.8 Å². The molecule has 1 aliphatic rings. The second kappa shape index (κ2) is 7.09. The predicted molar refractivity (Wildman–Crippen MR) is 80.9 cm³/mol. The molecular formula is C16H21N3O2. The zero-order valence-electron chi connectivity index (χ0n) is 12.5. The Morgan fingerprint density at radius 2 is 2.29 bits per heavy atom. The van der Waals surface area contributed by atoms with E-state index >= 15 is 0 Å². The van der Waals surface area contributed by atoms with Crippen molar-refractivity contribution in [2.24, 2.45) is 5.92 Å². The maximum atomic E-state index is 12.5. The minimum Gasteiger partial charge on any atom is -0.377 e. The van der Waals surface area contributed by atoms with Gasteiger partial charge in [-0.15, -0.1) is 0 Å². The van der Waals surface area contributed by atoms with Crippen LogP contribution in [0.3, 0.4) is 0 Å². The number of anilines is 1. The summed E-state index contributed by atoms with van der Waals surface area (Å²) in [7, 11) is 0.